The molecule has 0 amide bonds. The Labute approximate surface area is 401 Å². The number of phenols is 2. The number of benzene rings is 6. The molecule has 6 aromatic carbocycles. The van der Waals surface area contributed by atoms with Crippen LogP contribution < -0.4 is 86.9 Å². The predicted octanol–water partition coefficient (Wildman–Crippen LogP) is -6.80. The number of nitrogen functional groups attached to an aromatic ring is 2. The quantitative estimate of drug-likeness (QED) is 0.0326. The summed E-state index contributed by atoms with van der Waals surface area (Å²) in [6, 6.07) is 15.4. The van der Waals surface area contributed by atoms with Gasteiger partial charge in [0.25, 0.3) is 0 Å². The van der Waals surface area contributed by atoms with Crippen molar-refractivity contribution in [2.45, 2.75) is 19.6 Å². The van der Waals surface area contributed by atoms with Gasteiger partial charge in [-0.3, -0.25) is 0 Å². The summed E-state index contributed by atoms with van der Waals surface area (Å²) in [7, 11) is -21.2. The fraction of sp³-hybridized carbons (Fsp3) is 0. The monoisotopic (exact) mass is 894 g/mol. The van der Waals surface area contributed by atoms with E-state index in [1.165, 1.54) is 36.4 Å². The molecule has 0 spiro atoms. The molecule has 6 aromatic rings. The second-order valence-electron chi connectivity index (χ2n) is 12.1. The van der Waals surface area contributed by atoms with Crippen LogP contribution in [-0.2, 0) is 40.5 Å². The summed E-state index contributed by atoms with van der Waals surface area (Å²) in [5.41, 5.74) is 8.69. The van der Waals surface area contributed by atoms with Crippen molar-refractivity contribution >= 4 is 108 Å². The zero-order valence-electron chi connectivity index (χ0n) is 32.6. The van der Waals surface area contributed by atoms with Gasteiger partial charge in [-0.1, -0.05) is 36.4 Å². The van der Waals surface area contributed by atoms with Gasteiger partial charge >= 0.3 is 75.4 Å². The summed E-state index contributed by atoms with van der Waals surface area (Å²) < 4.78 is 146. The summed E-state index contributed by atoms with van der Waals surface area (Å²) in [5, 5.41) is 36.5. The van der Waals surface area contributed by atoms with Crippen LogP contribution in [0, 0.1) is 0 Å². The smallest absolute Gasteiger partial charge is 0.744 e. The van der Waals surface area contributed by atoms with Crippen LogP contribution in [0.5, 0.6) is 11.5 Å². The van der Waals surface area contributed by atoms with Crippen molar-refractivity contribution < 1.29 is 138 Å². The van der Waals surface area contributed by atoms with Crippen LogP contribution in [0.1, 0.15) is 11.1 Å². The van der Waals surface area contributed by atoms with Crippen molar-refractivity contribution in [2.75, 3.05) is 11.5 Å². The number of rotatable bonds is 10. The van der Waals surface area contributed by atoms with Crippen LogP contribution in [0.2, 0.25) is 0 Å². The summed E-state index contributed by atoms with van der Waals surface area (Å²) >= 11 is 0. The number of nitrogens with two attached hydrogens (primary N) is 2. The number of hydrogen-bond donors (Lipinski definition) is 4. The second-order valence-corrected chi connectivity index (χ2v) is 17.5. The van der Waals surface area contributed by atoms with Gasteiger partial charge in [0.05, 0.1) is 31.0 Å². The van der Waals surface area contributed by atoms with Gasteiger partial charge in [-0.25, -0.2) is 33.7 Å². The molecule has 0 saturated heterocycles. The third-order valence-electron chi connectivity index (χ3n) is 8.20. The maximum atomic E-state index is 12.3. The van der Waals surface area contributed by atoms with Crippen LogP contribution in [0.4, 0.5) is 34.1 Å². The molecular formula is C34H22Li4N6O14S4. The topological polar surface area (TPSA) is 371 Å². The van der Waals surface area contributed by atoms with E-state index in [0.29, 0.717) is 12.1 Å². The third kappa shape index (κ3) is 12.0. The van der Waals surface area contributed by atoms with Gasteiger partial charge in [0, 0.05) is 22.1 Å². The largest absolute Gasteiger partial charge is 1.00 e. The van der Waals surface area contributed by atoms with Gasteiger partial charge in [0.15, 0.2) is 11.5 Å². The molecule has 6 rings (SSSR count). The zero-order valence-corrected chi connectivity index (χ0v) is 35.9. The van der Waals surface area contributed by atoms with Gasteiger partial charge in [-0.05, 0) is 82.6 Å². The van der Waals surface area contributed by atoms with Gasteiger partial charge in [-0.2, -0.15) is 10.2 Å². The molecule has 0 atom stereocenters. The van der Waals surface area contributed by atoms with Crippen molar-refractivity contribution in [3.8, 4) is 11.5 Å². The molecular weight excluding hydrogens is 872 g/mol. The van der Waals surface area contributed by atoms with E-state index in [-0.39, 0.29) is 131 Å². The molecule has 0 saturated carbocycles. The molecule has 0 unspecified atom stereocenters. The molecule has 0 aliphatic heterocycles. The van der Waals surface area contributed by atoms with Crippen molar-refractivity contribution in [1.29, 1.82) is 0 Å². The minimum absolute atomic E-state index is 0. The number of nitrogens with zero attached hydrogens (tertiary/aromatic N) is 4. The maximum absolute atomic E-state index is 12.3. The second kappa shape index (κ2) is 20.2. The van der Waals surface area contributed by atoms with E-state index in [2.05, 4.69) is 20.5 Å². The molecule has 62 heavy (non-hydrogen) atoms. The first-order chi connectivity index (χ1) is 26.9. The van der Waals surface area contributed by atoms with E-state index in [1.54, 1.807) is 0 Å². The van der Waals surface area contributed by atoms with Crippen molar-refractivity contribution in [3.05, 3.63) is 96.1 Å². The van der Waals surface area contributed by atoms with Crippen molar-refractivity contribution in [1.82, 2.24) is 0 Å². The Morgan fingerprint density at radius 1 is 0.435 bits per heavy atom. The van der Waals surface area contributed by atoms with Crippen molar-refractivity contribution in [3.63, 3.8) is 0 Å². The Morgan fingerprint density at radius 2 is 0.758 bits per heavy atom. The molecule has 28 heteroatoms. The van der Waals surface area contributed by atoms with Gasteiger partial charge < -0.3 is 39.9 Å². The first-order valence-electron chi connectivity index (χ1n) is 15.7. The summed E-state index contributed by atoms with van der Waals surface area (Å²) in [5.74, 6) is -1.60. The average Bonchev–Trinajstić information content (AvgIpc) is 3.12. The van der Waals surface area contributed by atoms with Crippen LogP contribution >= 0.6 is 0 Å². The fourth-order valence-corrected chi connectivity index (χ4v) is 8.24. The number of azo groups is 2. The van der Waals surface area contributed by atoms with E-state index in [0.717, 1.165) is 48.6 Å². The Hall–Kier alpha value is -3.99. The molecule has 0 aliphatic rings. The summed E-state index contributed by atoms with van der Waals surface area (Å²) in [6.45, 7) is 0. The number of anilines is 2. The first kappa shape index (κ1) is 54.1. The molecule has 0 heterocycles. The molecule has 20 nitrogen and oxygen atoms in total. The van der Waals surface area contributed by atoms with Crippen molar-refractivity contribution in [2.24, 2.45) is 20.5 Å². The van der Waals surface area contributed by atoms with Crippen LogP contribution in [0.3, 0.4) is 0 Å². The maximum Gasteiger partial charge on any atom is 1.00 e. The first-order valence-corrected chi connectivity index (χ1v) is 21.3. The minimum Gasteiger partial charge on any atom is -0.744 e. The summed E-state index contributed by atoms with van der Waals surface area (Å²) in [4.78, 5) is -3.86. The SMILES string of the molecule is Nc1ccc2cc(S(=O)(=O)[O-])c(N=Nc3ccc(C=Cc4ccc(N=Nc5c(S(=O)(=O)[O-])cc6ccc(N)cc6c5O)cc4S(=O)(=O)[O-])c(S(=O)(=O)[O-])c3)c(O)c2c1.[Li+].[Li+].[Li+].[Li+]. The van der Waals surface area contributed by atoms with E-state index >= 15 is 0 Å². The zero-order chi connectivity index (χ0) is 42.5. The molecule has 0 aliphatic carbocycles. The third-order valence-corrected chi connectivity index (χ3v) is 11.7. The Balaban J connectivity index is 0.00000331. The van der Waals surface area contributed by atoms with E-state index in [1.807, 2.05) is 0 Å². The Kier molecular flexibility index (Phi) is 17.7. The predicted molar refractivity (Wildman–Crippen MR) is 202 cm³/mol. The van der Waals surface area contributed by atoms with E-state index in [4.69, 9.17) is 11.5 Å². The Bertz CT molecular complexity index is 3080. The fourth-order valence-electron chi connectivity index (χ4n) is 5.57. The molecule has 0 radical (unpaired) electrons. The Morgan fingerprint density at radius 3 is 1.06 bits per heavy atom. The molecule has 6 N–H and O–H groups in total. The summed E-state index contributed by atoms with van der Waals surface area (Å²) in [6.07, 6.45) is 1.89. The van der Waals surface area contributed by atoms with Crippen LogP contribution in [-0.4, -0.2) is 62.1 Å². The van der Waals surface area contributed by atoms with E-state index in [9.17, 15) is 62.1 Å². The standard InChI is InChI=1S/C34H26N6O14S4.4Li/c35-21-7-3-19-11-29(57(49,50)51)31(33(41)25(19)13-21)39-37-23-9-5-17(27(15-23)55(43,44)45)1-2-18-6-10-24(16-28(18)56(46,47)48)38-40-32-30(58(52,53)54)12-20-4-8-22(36)14-26(20)34(32)42;;;;/h1-16,41-42H,35-36H2,(H,43,44,45)(H,46,47,48)(H,49,50,51)(H,52,53,54);;;;/q;4*+1/p-4. The van der Waals surface area contributed by atoms with Gasteiger partial charge in [-0.15, -0.1) is 10.2 Å². The van der Waals surface area contributed by atoms with Crippen LogP contribution in [0.15, 0.2) is 125 Å². The van der Waals surface area contributed by atoms with Gasteiger partial charge in [0.1, 0.15) is 51.8 Å². The number of fused-ring (bicyclic) bond motifs is 2. The normalized spacial score (nSPS) is 12.3. The molecule has 0 aromatic heterocycles. The number of phenolic OH excluding ortho intramolecular Hbond substituents is 2. The molecule has 0 bridgehead atoms. The number of hydrogen-bond acceptors (Lipinski definition) is 20. The minimum atomic E-state index is -5.34. The van der Waals surface area contributed by atoms with E-state index < -0.39 is 82.9 Å². The molecule has 0 fully saturated rings. The molecule has 300 valence electrons. The van der Waals surface area contributed by atoms with Crippen LogP contribution in [0.25, 0.3) is 33.7 Å². The van der Waals surface area contributed by atoms with Gasteiger partial charge in [0.2, 0.25) is 0 Å². The number of aromatic hydroxyl groups is 2. The average molecular weight is 895 g/mol.